The van der Waals surface area contributed by atoms with Crippen LogP contribution < -0.4 is 15.6 Å². The third-order valence-corrected chi connectivity index (χ3v) is 3.25. The zero-order valence-electron chi connectivity index (χ0n) is 12.5. The maximum Gasteiger partial charge on any atom is 0.291 e. The third-order valence-electron chi connectivity index (χ3n) is 3.25. The maximum absolute atomic E-state index is 12.2. The number of carbonyl (C=O) groups excluding carboxylic acids is 1. The van der Waals surface area contributed by atoms with Gasteiger partial charge in [0, 0.05) is 5.69 Å². The van der Waals surface area contributed by atoms with Crippen LogP contribution in [-0.4, -0.2) is 22.5 Å². The molecule has 0 aliphatic heterocycles. The summed E-state index contributed by atoms with van der Waals surface area (Å²) >= 11 is 0. The van der Waals surface area contributed by atoms with Crippen molar-refractivity contribution in [1.82, 2.24) is 9.97 Å². The first kappa shape index (κ1) is 14.8. The number of aromatic amines is 1. The summed E-state index contributed by atoms with van der Waals surface area (Å²) in [6.45, 7) is 2.48. The fourth-order valence-electron chi connectivity index (χ4n) is 2.19. The Kier molecular flexibility index (Phi) is 4.05. The molecule has 2 aromatic carbocycles. The van der Waals surface area contributed by atoms with Gasteiger partial charge in [-0.25, -0.2) is 4.98 Å². The van der Waals surface area contributed by atoms with Gasteiger partial charge >= 0.3 is 0 Å². The molecule has 6 heteroatoms. The molecule has 0 saturated heterocycles. The van der Waals surface area contributed by atoms with Gasteiger partial charge < -0.3 is 15.0 Å². The number of nitrogens with zero attached hydrogens (tertiary/aromatic N) is 1. The molecule has 0 bridgehead atoms. The van der Waals surface area contributed by atoms with Crippen LogP contribution in [0.1, 0.15) is 17.5 Å². The Morgan fingerprint density at radius 1 is 1.17 bits per heavy atom. The first-order valence-corrected chi connectivity index (χ1v) is 7.20. The molecule has 0 atom stereocenters. The summed E-state index contributed by atoms with van der Waals surface area (Å²) in [6, 6.07) is 13.8. The van der Waals surface area contributed by atoms with Crippen LogP contribution in [0.5, 0.6) is 5.75 Å². The summed E-state index contributed by atoms with van der Waals surface area (Å²) in [5, 5.41) is 3.14. The number of rotatable bonds is 4. The number of H-pyrrole nitrogens is 1. The highest BCUT2D eigenvalue weighted by molar-refractivity contribution is 6.02. The Balaban J connectivity index is 1.84. The van der Waals surface area contributed by atoms with Crippen molar-refractivity contribution in [2.45, 2.75) is 6.92 Å². The Bertz CT molecular complexity index is 901. The number of fused-ring (bicyclic) bond motifs is 1. The normalized spacial score (nSPS) is 10.5. The van der Waals surface area contributed by atoms with E-state index in [1.165, 1.54) is 0 Å². The summed E-state index contributed by atoms with van der Waals surface area (Å²) in [6.07, 6.45) is 0. The predicted molar refractivity (Wildman–Crippen MR) is 87.9 cm³/mol. The van der Waals surface area contributed by atoms with Crippen LogP contribution in [0.3, 0.4) is 0 Å². The molecule has 1 amide bonds. The van der Waals surface area contributed by atoms with Gasteiger partial charge in [0.2, 0.25) is 0 Å². The van der Waals surface area contributed by atoms with E-state index in [2.05, 4.69) is 15.3 Å². The number of ether oxygens (including phenoxy) is 1. The molecule has 0 aliphatic carbocycles. The van der Waals surface area contributed by atoms with Crippen LogP contribution in [0.25, 0.3) is 10.9 Å². The number of aromatic nitrogens is 2. The lowest BCUT2D eigenvalue weighted by atomic mass is 10.2. The predicted octanol–water partition coefficient (Wildman–Crippen LogP) is 2.57. The van der Waals surface area contributed by atoms with Crippen molar-refractivity contribution in [1.29, 1.82) is 0 Å². The van der Waals surface area contributed by atoms with E-state index in [-0.39, 0.29) is 11.4 Å². The molecule has 116 valence electrons. The lowest BCUT2D eigenvalue weighted by Gasteiger charge is -2.07. The quantitative estimate of drug-likeness (QED) is 0.776. The minimum atomic E-state index is -0.475. The Morgan fingerprint density at radius 2 is 1.91 bits per heavy atom. The number of para-hydroxylation sites is 1. The fraction of sp³-hybridized carbons (Fsp3) is 0.118. The van der Waals surface area contributed by atoms with Gasteiger partial charge in [-0.15, -0.1) is 0 Å². The second kappa shape index (κ2) is 6.31. The first-order chi connectivity index (χ1) is 11.2. The average Bonchev–Trinajstić information content (AvgIpc) is 2.57. The number of hydrogen-bond donors (Lipinski definition) is 2. The van der Waals surface area contributed by atoms with Gasteiger partial charge in [-0.2, -0.15) is 0 Å². The van der Waals surface area contributed by atoms with Crippen LogP contribution in [0.2, 0.25) is 0 Å². The van der Waals surface area contributed by atoms with Crippen molar-refractivity contribution in [3.63, 3.8) is 0 Å². The second-order valence-electron chi connectivity index (χ2n) is 4.84. The highest BCUT2D eigenvalue weighted by Gasteiger charge is 2.11. The highest BCUT2D eigenvalue weighted by Crippen LogP contribution is 2.16. The summed E-state index contributed by atoms with van der Waals surface area (Å²) in [5.74, 6) is 0.224. The maximum atomic E-state index is 12.2. The fourth-order valence-corrected chi connectivity index (χ4v) is 2.19. The van der Waals surface area contributed by atoms with Crippen molar-refractivity contribution < 1.29 is 9.53 Å². The molecule has 0 saturated carbocycles. The van der Waals surface area contributed by atoms with Crippen molar-refractivity contribution in [3.05, 3.63) is 64.7 Å². The molecule has 6 nitrogen and oxygen atoms in total. The third kappa shape index (κ3) is 3.21. The summed E-state index contributed by atoms with van der Waals surface area (Å²) in [4.78, 5) is 30.9. The zero-order chi connectivity index (χ0) is 16.2. The average molecular weight is 309 g/mol. The molecule has 3 rings (SSSR count). The van der Waals surface area contributed by atoms with E-state index in [1.54, 1.807) is 48.5 Å². The van der Waals surface area contributed by atoms with Crippen molar-refractivity contribution in [2.24, 2.45) is 0 Å². The number of anilines is 1. The van der Waals surface area contributed by atoms with Gasteiger partial charge in [0.1, 0.15) is 5.75 Å². The molecular formula is C17H15N3O3. The standard InChI is InChI=1S/C17H15N3O3/c1-2-23-12-9-7-11(8-10-12)18-17(22)15-19-14-6-4-3-5-13(14)16(21)20-15/h3-10H,2H2,1H3,(H,18,22)(H,19,20,21). The molecule has 3 aromatic rings. The number of benzene rings is 2. The van der Waals surface area contributed by atoms with E-state index in [4.69, 9.17) is 4.74 Å². The molecule has 1 heterocycles. The zero-order valence-corrected chi connectivity index (χ0v) is 12.5. The SMILES string of the molecule is CCOc1ccc(NC(=O)c2nc3ccccc3c(=O)[nH]2)cc1. The molecule has 0 fully saturated rings. The van der Waals surface area contributed by atoms with Gasteiger partial charge in [-0.1, -0.05) is 12.1 Å². The number of hydrogen-bond acceptors (Lipinski definition) is 4. The van der Waals surface area contributed by atoms with Gasteiger partial charge in [0.05, 0.1) is 17.5 Å². The van der Waals surface area contributed by atoms with Crippen LogP contribution in [-0.2, 0) is 0 Å². The van der Waals surface area contributed by atoms with Gasteiger partial charge in [0.15, 0.2) is 5.82 Å². The van der Waals surface area contributed by atoms with E-state index >= 15 is 0 Å². The lowest BCUT2D eigenvalue weighted by molar-refractivity contribution is 0.101. The van der Waals surface area contributed by atoms with E-state index in [1.807, 2.05) is 6.92 Å². The smallest absolute Gasteiger partial charge is 0.291 e. The Labute approximate surface area is 132 Å². The van der Waals surface area contributed by atoms with Crippen LogP contribution in [0, 0.1) is 0 Å². The van der Waals surface area contributed by atoms with Gasteiger partial charge in [-0.3, -0.25) is 9.59 Å². The van der Waals surface area contributed by atoms with Crippen molar-refractivity contribution >= 4 is 22.5 Å². The monoisotopic (exact) mass is 309 g/mol. The molecule has 0 unspecified atom stereocenters. The first-order valence-electron chi connectivity index (χ1n) is 7.20. The van der Waals surface area contributed by atoms with E-state index in [0.717, 1.165) is 5.75 Å². The number of nitrogens with one attached hydrogen (secondary N) is 2. The molecule has 23 heavy (non-hydrogen) atoms. The topological polar surface area (TPSA) is 84.1 Å². The summed E-state index contributed by atoms with van der Waals surface area (Å²) in [5.41, 5.74) is 0.731. The van der Waals surface area contributed by atoms with Crippen molar-refractivity contribution in [3.8, 4) is 5.75 Å². The van der Waals surface area contributed by atoms with Crippen LogP contribution in [0.4, 0.5) is 5.69 Å². The molecule has 1 aromatic heterocycles. The van der Waals surface area contributed by atoms with E-state index in [0.29, 0.717) is 23.2 Å². The minimum Gasteiger partial charge on any atom is -0.494 e. The molecule has 0 radical (unpaired) electrons. The van der Waals surface area contributed by atoms with Crippen LogP contribution in [0.15, 0.2) is 53.3 Å². The number of carbonyl (C=O) groups is 1. The molecular weight excluding hydrogens is 294 g/mol. The molecule has 0 spiro atoms. The number of amides is 1. The van der Waals surface area contributed by atoms with Crippen molar-refractivity contribution in [2.75, 3.05) is 11.9 Å². The highest BCUT2D eigenvalue weighted by atomic mass is 16.5. The minimum absolute atomic E-state index is 0.0254. The lowest BCUT2D eigenvalue weighted by Crippen LogP contribution is -2.21. The summed E-state index contributed by atoms with van der Waals surface area (Å²) in [7, 11) is 0. The van der Waals surface area contributed by atoms with E-state index in [9.17, 15) is 9.59 Å². The van der Waals surface area contributed by atoms with E-state index < -0.39 is 5.91 Å². The van der Waals surface area contributed by atoms with Gasteiger partial charge in [0.25, 0.3) is 11.5 Å². The largest absolute Gasteiger partial charge is 0.494 e. The summed E-state index contributed by atoms with van der Waals surface area (Å²) < 4.78 is 5.34. The van der Waals surface area contributed by atoms with Crippen LogP contribution >= 0.6 is 0 Å². The Hall–Kier alpha value is -3.15. The second-order valence-corrected chi connectivity index (χ2v) is 4.84. The Morgan fingerprint density at radius 3 is 2.65 bits per heavy atom. The molecule has 0 aliphatic rings. The molecule has 2 N–H and O–H groups in total. The van der Waals surface area contributed by atoms with Gasteiger partial charge in [-0.05, 0) is 43.3 Å².